The molecule has 10 heteroatoms. The number of fused-ring (bicyclic) bond motifs is 1. The average molecular weight is 472 g/mol. The molecular weight excluding hydrogens is 454 g/mol. The second kappa shape index (κ2) is 9.30. The van der Waals surface area contributed by atoms with Crippen molar-refractivity contribution in [3.63, 3.8) is 0 Å². The Balaban J connectivity index is 0.000000339. The van der Waals surface area contributed by atoms with Gasteiger partial charge in [0.1, 0.15) is 0 Å². The van der Waals surface area contributed by atoms with Gasteiger partial charge < -0.3 is 10.0 Å². The van der Waals surface area contributed by atoms with Crippen molar-refractivity contribution in [2.45, 2.75) is 18.6 Å². The first kappa shape index (κ1) is 23.1. The van der Waals surface area contributed by atoms with Gasteiger partial charge in [0.25, 0.3) is 0 Å². The first-order valence-electron chi connectivity index (χ1n) is 9.12. The summed E-state index contributed by atoms with van der Waals surface area (Å²) in [6, 6.07) is 12.5. The molecule has 1 aliphatic heterocycles. The van der Waals surface area contributed by atoms with Gasteiger partial charge in [-0.05, 0) is 41.4 Å². The van der Waals surface area contributed by atoms with E-state index in [4.69, 9.17) is 33.1 Å². The first-order valence-corrected chi connectivity index (χ1v) is 9.87. The number of aromatic nitrogens is 2. The van der Waals surface area contributed by atoms with Crippen LogP contribution < -0.4 is 0 Å². The zero-order valence-electron chi connectivity index (χ0n) is 16.3. The molecule has 3 aromatic rings. The molecule has 1 aliphatic rings. The summed E-state index contributed by atoms with van der Waals surface area (Å²) in [6.07, 6.45) is -1.33. The molecule has 0 fully saturated rings. The Morgan fingerprint density at radius 3 is 2.55 bits per heavy atom. The Hall–Kier alpha value is -2.55. The Morgan fingerprint density at radius 1 is 1.23 bits per heavy atom. The molecule has 2 heterocycles. The van der Waals surface area contributed by atoms with Crippen LogP contribution in [0.15, 0.2) is 48.8 Å². The second-order valence-electron chi connectivity index (χ2n) is 7.12. The first-order chi connectivity index (χ1) is 14.6. The molecule has 4 rings (SSSR count). The van der Waals surface area contributed by atoms with Crippen LogP contribution in [0.5, 0.6) is 0 Å². The van der Waals surface area contributed by atoms with Crippen molar-refractivity contribution in [2.24, 2.45) is 0 Å². The average Bonchev–Trinajstić information content (AvgIpc) is 3.23. The number of nitrogens with zero attached hydrogens (tertiary/aromatic N) is 2. The van der Waals surface area contributed by atoms with Gasteiger partial charge in [0.15, 0.2) is 0 Å². The van der Waals surface area contributed by atoms with Gasteiger partial charge in [0, 0.05) is 40.8 Å². The number of alkyl halides is 3. The number of carbonyl (C=O) groups is 1. The van der Waals surface area contributed by atoms with Gasteiger partial charge in [-0.25, -0.2) is 4.79 Å². The number of hydrogen-bond donors (Lipinski definition) is 2. The monoisotopic (exact) mass is 471 g/mol. The maximum atomic E-state index is 10.6. The lowest BCUT2D eigenvalue weighted by Crippen LogP contribution is -2.31. The van der Waals surface area contributed by atoms with Crippen molar-refractivity contribution in [3.05, 3.63) is 75.5 Å². The summed E-state index contributed by atoms with van der Waals surface area (Å²) in [5.41, 5.74) is 5.91. The fourth-order valence-electron chi connectivity index (χ4n) is 3.47. The van der Waals surface area contributed by atoms with Crippen molar-refractivity contribution in [3.8, 4) is 11.1 Å². The number of H-pyrrole nitrogens is 1. The Bertz CT molecular complexity index is 1070. The minimum atomic E-state index is -5.08. The molecule has 1 aromatic heterocycles. The lowest BCUT2D eigenvalue weighted by atomic mass is 9.84. The molecule has 5 nitrogen and oxygen atoms in total. The zero-order valence-corrected chi connectivity index (χ0v) is 17.8. The van der Waals surface area contributed by atoms with Crippen LogP contribution in [0.2, 0.25) is 10.0 Å². The van der Waals surface area contributed by atoms with Gasteiger partial charge in [-0.3, -0.25) is 5.10 Å². The minimum Gasteiger partial charge on any atom is -0.475 e. The number of benzene rings is 2. The van der Waals surface area contributed by atoms with Gasteiger partial charge in [-0.15, -0.1) is 0 Å². The fourth-order valence-corrected chi connectivity index (χ4v) is 4.04. The zero-order chi connectivity index (χ0) is 22.8. The quantitative estimate of drug-likeness (QED) is 0.510. The van der Waals surface area contributed by atoms with E-state index >= 15 is 0 Å². The third-order valence-electron chi connectivity index (χ3n) is 4.86. The number of likely N-dealkylation sites (N-methyl/N-ethyl adjacent to an activating group) is 1. The molecule has 0 aliphatic carbocycles. The van der Waals surface area contributed by atoms with Crippen LogP contribution in [0.4, 0.5) is 13.2 Å². The standard InChI is InChI=1S/C19H17Cl2N3.C2HF3O2/c1-24-10-17(16-6-15(20)7-19(21)18(16)11-24)13-4-2-3-12(5-13)14-8-22-23-9-14;3-2(4,5)1(6)7/h2-9,17H,10-11H2,1H3,(H,22,23);(H,6,7)/t17-;/m0./s1. The number of hydrogen-bond acceptors (Lipinski definition) is 3. The summed E-state index contributed by atoms with van der Waals surface area (Å²) in [4.78, 5) is 11.2. The molecule has 164 valence electrons. The topological polar surface area (TPSA) is 69.2 Å². The van der Waals surface area contributed by atoms with Crippen molar-refractivity contribution in [2.75, 3.05) is 13.6 Å². The van der Waals surface area contributed by atoms with Crippen molar-refractivity contribution < 1.29 is 23.1 Å². The van der Waals surface area contributed by atoms with Gasteiger partial charge >= 0.3 is 12.1 Å². The largest absolute Gasteiger partial charge is 0.490 e. The van der Waals surface area contributed by atoms with Crippen LogP contribution in [0.3, 0.4) is 0 Å². The van der Waals surface area contributed by atoms with Gasteiger partial charge in [0.2, 0.25) is 0 Å². The van der Waals surface area contributed by atoms with Crippen LogP contribution >= 0.6 is 23.2 Å². The molecule has 0 radical (unpaired) electrons. The van der Waals surface area contributed by atoms with E-state index in [2.05, 4.69) is 52.5 Å². The Morgan fingerprint density at radius 2 is 1.94 bits per heavy atom. The number of nitrogens with one attached hydrogen (secondary N) is 1. The number of rotatable bonds is 2. The molecule has 31 heavy (non-hydrogen) atoms. The maximum Gasteiger partial charge on any atom is 0.490 e. The smallest absolute Gasteiger partial charge is 0.475 e. The summed E-state index contributed by atoms with van der Waals surface area (Å²) in [5, 5.41) is 15.5. The highest BCUT2D eigenvalue weighted by molar-refractivity contribution is 6.35. The highest BCUT2D eigenvalue weighted by Crippen LogP contribution is 2.39. The summed E-state index contributed by atoms with van der Waals surface area (Å²) in [7, 11) is 2.13. The van der Waals surface area contributed by atoms with Crippen LogP contribution in [-0.2, 0) is 11.3 Å². The molecule has 0 saturated heterocycles. The van der Waals surface area contributed by atoms with Gasteiger partial charge in [0.05, 0.1) is 6.20 Å². The minimum absolute atomic E-state index is 0.252. The lowest BCUT2D eigenvalue weighted by Gasteiger charge is -2.33. The van der Waals surface area contributed by atoms with E-state index in [-0.39, 0.29) is 5.92 Å². The van der Waals surface area contributed by atoms with Gasteiger partial charge in [-0.1, -0.05) is 47.5 Å². The molecule has 0 saturated carbocycles. The summed E-state index contributed by atoms with van der Waals surface area (Å²) in [6.45, 7) is 1.79. The van der Waals surface area contributed by atoms with Crippen LogP contribution in [0.1, 0.15) is 22.6 Å². The SMILES string of the molecule is CN1Cc2c(Cl)cc(Cl)cc2[C@H](c2cccc(-c3cn[nH]c3)c2)C1.O=C(O)C(F)(F)F. The third-order valence-corrected chi connectivity index (χ3v) is 5.41. The van der Waals surface area contributed by atoms with E-state index in [1.54, 1.807) is 0 Å². The highest BCUT2D eigenvalue weighted by atomic mass is 35.5. The van der Waals surface area contributed by atoms with Crippen LogP contribution in [0, 0.1) is 0 Å². The molecule has 0 spiro atoms. The van der Waals surface area contributed by atoms with E-state index in [9.17, 15) is 13.2 Å². The number of halogens is 5. The maximum absolute atomic E-state index is 10.6. The molecule has 1 atom stereocenters. The van der Waals surface area contributed by atoms with E-state index in [1.165, 1.54) is 16.7 Å². The highest BCUT2D eigenvalue weighted by Gasteiger charge is 2.38. The fraction of sp³-hybridized carbons (Fsp3) is 0.238. The normalized spacial score (nSPS) is 16.3. The summed E-state index contributed by atoms with van der Waals surface area (Å²) >= 11 is 12.7. The predicted octanol–water partition coefficient (Wildman–Crippen LogP) is 5.59. The molecule has 2 N–H and O–H groups in total. The number of aromatic amines is 1. The number of carboxylic acids is 1. The Kier molecular flexibility index (Phi) is 6.93. The van der Waals surface area contributed by atoms with E-state index < -0.39 is 12.1 Å². The lowest BCUT2D eigenvalue weighted by molar-refractivity contribution is -0.192. The molecule has 2 aromatic carbocycles. The van der Waals surface area contributed by atoms with Crippen molar-refractivity contribution in [1.82, 2.24) is 15.1 Å². The van der Waals surface area contributed by atoms with Gasteiger partial charge in [-0.2, -0.15) is 18.3 Å². The van der Waals surface area contributed by atoms with Crippen molar-refractivity contribution >= 4 is 29.2 Å². The van der Waals surface area contributed by atoms with E-state index in [0.29, 0.717) is 5.02 Å². The molecule has 0 bridgehead atoms. The molecular formula is C21H18Cl2F3N3O2. The van der Waals surface area contributed by atoms with E-state index in [1.807, 2.05) is 18.5 Å². The molecule has 0 unspecified atom stereocenters. The van der Waals surface area contributed by atoms with Crippen LogP contribution in [-0.4, -0.2) is 45.9 Å². The summed E-state index contributed by atoms with van der Waals surface area (Å²) < 4.78 is 31.7. The number of aliphatic carboxylic acids is 1. The summed E-state index contributed by atoms with van der Waals surface area (Å²) in [5.74, 6) is -2.51. The van der Waals surface area contributed by atoms with Crippen LogP contribution in [0.25, 0.3) is 11.1 Å². The van der Waals surface area contributed by atoms with E-state index in [0.717, 1.165) is 29.2 Å². The van der Waals surface area contributed by atoms with Crippen molar-refractivity contribution in [1.29, 1.82) is 0 Å². The third kappa shape index (κ3) is 5.58. The Labute approximate surface area is 186 Å². The second-order valence-corrected chi connectivity index (χ2v) is 7.96. The molecule has 0 amide bonds. The predicted molar refractivity (Wildman–Crippen MR) is 112 cm³/mol. The number of carboxylic acid groups (broad SMARTS) is 1.